The van der Waals surface area contributed by atoms with E-state index in [1.54, 1.807) is 18.2 Å². The third-order valence-corrected chi connectivity index (χ3v) is 6.76. The number of rotatable bonds is 6. The second-order valence-electron chi connectivity index (χ2n) is 8.39. The van der Waals surface area contributed by atoms with Gasteiger partial charge in [-0.3, -0.25) is 14.9 Å². The maximum Gasteiger partial charge on any atom is 0.335 e. The second kappa shape index (κ2) is 10.6. The van der Waals surface area contributed by atoms with Crippen LogP contribution >= 0.6 is 23.2 Å². The molecule has 38 heavy (non-hydrogen) atoms. The molecule has 7 nitrogen and oxygen atoms in total. The third-order valence-electron chi connectivity index (χ3n) is 6.02. The number of fused-ring (bicyclic) bond motifs is 1. The van der Waals surface area contributed by atoms with Crippen LogP contribution in [-0.4, -0.2) is 25.0 Å². The molecule has 0 spiro atoms. The topological polar surface area (TPSA) is 84.9 Å². The highest BCUT2D eigenvalue weighted by molar-refractivity contribution is 6.43. The number of nitrogens with zero attached hydrogens (tertiary/aromatic N) is 1. The normalized spacial score (nSPS) is 14.7. The molecule has 0 atom stereocenters. The fraction of sp³-hybridized carbons (Fsp3) is 0.0690. The van der Waals surface area contributed by atoms with Crippen molar-refractivity contribution in [2.75, 3.05) is 12.0 Å². The summed E-state index contributed by atoms with van der Waals surface area (Å²) in [6.07, 6.45) is 1.38. The number of carbonyl (C=O) groups excluding carboxylic acids is 3. The summed E-state index contributed by atoms with van der Waals surface area (Å²) in [5.41, 5.74) is 1.46. The van der Waals surface area contributed by atoms with Crippen molar-refractivity contribution in [2.45, 2.75) is 6.61 Å². The monoisotopic (exact) mass is 546 g/mol. The van der Waals surface area contributed by atoms with Crippen molar-refractivity contribution in [3.63, 3.8) is 0 Å². The van der Waals surface area contributed by atoms with Gasteiger partial charge in [0.15, 0.2) is 11.5 Å². The van der Waals surface area contributed by atoms with E-state index >= 15 is 0 Å². The zero-order chi connectivity index (χ0) is 26.8. The van der Waals surface area contributed by atoms with Gasteiger partial charge in [-0.25, -0.2) is 9.69 Å². The Bertz CT molecular complexity index is 1630. The minimum Gasteiger partial charge on any atom is -0.493 e. The van der Waals surface area contributed by atoms with E-state index in [0.717, 1.165) is 21.2 Å². The molecule has 1 saturated heterocycles. The van der Waals surface area contributed by atoms with Gasteiger partial charge in [-0.05, 0) is 58.3 Å². The van der Waals surface area contributed by atoms with Gasteiger partial charge < -0.3 is 9.47 Å². The molecule has 0 aliphatic carbocycles. The lowest BCUT2D eigenvalue weighted by molar-refractivity contribution is -0.122. The number of carbonyl (C=O) groups is 3. The van der Waals surface area contributed by atoms with Gasteiger partial charge in [-0.2, -0.15) is 0 Å². The zero-order valence-electron chi connectivity index (χ0n) is 20.0. The van der Waals surface area contributed by atoms with Gasteiger partial charge in [0.2, 0.25) is 0 Å². The van der Waals surface area contributed by atoms with Gasteiger partial charge in [0.05, 0.1) is 22.8 Å². The van der Waals surface area contributed by atoms with E-state index in [1.807, 2.05) is 42.5 Å². The standard InChI is InChI=1S/C29H20Cl2N2O5/c1-37-26-14-17(9-12-25(26)38-16-19-7-4-6-18-5-2-3-8-21(18)19)13-22-27(34)32-29(36)33(28(22)35)20-10-11-23(30)24(31)15-20/h2-15H,16H2,1H3,(H,32,34,36)/b22-13+. The van der Waals surface area contributed by atoms with Crippen LogP contribution in [0.15, 0.2) is 84.4 Å². The van der Waals surface area contributed by atoms with Crippen LogP contribution < -0.4 is 19.7 Å². The minimum atomic E-state index is -0.884. The molecule has 190 valence electrons. The van der Waals surface area contributed by atoms with Gasteiger partial charge >= 0.3 is 6.03 Å². The molecule has 0 aromatic heterocycles. The van der Waals surface area contributed by atoms with Gasteiger partial charge in [-0.1, -0.05) is 71.7 Å². The van der Waals surface area contributed by atoms with E-state index in [1.165, 1.54) is 31.4 Å². The quantitative estimate of drug-likeness (QED) is 0.223. The fourth-order valence-electron chi connectivity index (χ4n) is 4.15. The number of hydrogen-bond acceptors (Lipinski definition) is 5. The van der Waals surface area contributed by atoms with Gasteiger partial charge in [0.1, 0.15) is 12.2 Å². The first kappa shape index (κ1) is 25.3. The van der Waals surface area contributed by atoms with Gasteiger partial charge in [0.25, 0.3) is 11.8 Å². The number of methoxy groups -OCH3 is 1. The number of amides is 4. The van der Waals surface area contributed by atoms with Crippen LogP contribution in [0.4, 0.5) is 10.5 Å². The lowest BCUT2D eigenvalue weighted by atomic mass is 10.1. The van der Waals surface area contributed by atoms with Crippen molar-refractivity contribution < 1.29 is 23.9 Å². The molecule has 1 aliphatic rings. The number of imide groups is 2. The highest BCUT2D eigenvalue weighted by atomic mass is 35.5. The number of nitrogens with one attached hydrogen (secondary N) is 1. The van der Waals surface area contributed by atoms with Crippen molar-refractivity contribution in [2.24, 2.45) is 0 Å². The van der Waals surface area contributed by atoms with Crippen molar-refractivity contribution in [1.82, 2.24) is 5.32 Å². The number of ether oxygens (including phenoxy) is 2. The highest BCUT2D eigenvalue weighted by Crippen LogP contribution is 2.32. The van der Waals surface area contributed by atoms with Crippen LogP contribution in [0.3, 0.4) is 0 Å². The van der Waals surface area contributed by atoms with Crippen LogP contribution in [-0.2, 0) is 16.2 Å². The van der Waals surface area contributed by atoms with Crippen molar-refractivity contribution in [1.29, 1.82) is 0 Å². The Kier molecular flexibility index (Phi) is 7.05. The van der Waals surface area contributed by atoms with E-state index in [4.69, 9.17) is 32.7 Å². The Morgan fingerprint density at radius 3 is 2.45 bits per heavy atom. The molecule has 0 saturated carbocycles. The Labute approximate surface area is 228 Å². The van der Waals surface area contributed by atoms with E-state index in [9.17, 15) is 14.4 Å². The summed E-state index contributed by atoms with van der Waals surface area (Å²) in [6.45, 7) is 0.319. The molecule has 4 aromatic rings. The molecule has 4 aromatic carbocycles. The lowest BCUT2D eigenvalue weighted by Crippen LogP contribution is -2.54. The van der Waals surface area contributed by atoms with Crippen LogP contribution in [0.5, 0.6) is 11.5 Å². The predicted molar refractivity (Wildman–Crippen MR) is 147 cm³/mol. The summed E-state index contributed by atoms with van der Waals surface area (Å²) in [5, 5.41) is 4.82. The third kappa shape index (κ3) is 4.94. The van der Waals surface area contributed by atoms with Crippen LogP contribution in [0.25, 0.3) is 16.8 Å². The first-order valence-corrected chi connectivity index (χ1v) is 12.3. The maximum atomic E-state index is 13.2. The molecular formula is C29H20Cl2N2O5. The number of halogens is 2. The van der Waals surface area contributed by atoms with Gasteiger partial charge in [-0.15, -0.1) is 0 Å². The summed E-state index contributed by atoms with van der Waals surface area (Å²) >= 11 is 12.0. The summed E-state index contributed by atoms with van der Waals surface area (Å²) in [6, 6.07) is 22.5. The fourth-order valence-corrected chi connectivity index (χ4v) is 4.44. The summed E-state index contributed by atoms with van der Waals surface area (Å²) in [7, 11) is 1.50. The number of anilines is 1. The average molecular weight is 547 g/mol. The van der Waals surface area contributed by atoms with Crippen molar-refractivity contribution in [3.8, 4) is 11.5 Å². The minimum absolute atomic E-state index is 0.163. The Balaban J connectivity index is 1.41. The summed E-state index contributed by atoms with van der Waals surface area (Å²) in [4.78, 5) is 39.0. The van der Waals surface area contributed by atoms with Crippen molar-refractivity contribution >= 4 is 63.6 Å². The molecule has 0 unspecified atom stereocenters. The number of urea groups is 1. The molecule has 1 aliphatic heterocycles. The molecule has 4 amide bonds. The van der Waals surface area contributed by atoms with E-state index < -0.39 is 17.8 Å². The van der Waals surface area contributed by atoms with E-state index in [2.05, 4.69) is 5.32 Å². The van der Waals surface area contributed by atoms with Crippen molar-refractivity contribution in [3.05, 3.63) is 106 Å². The molecule has 9 heteroatoms. The first-order valence-electron chi connectivity index (χ1n) is 11.5. The van der Waals surface area contributed by atoms with Crippen LogP contribution in [0.1, 0.15) is 11.1 Å². The average Bonchev–Trinajstić information content (AvgIpc) is 2.92. The molecular weight excluding hydrogens is 527 g/mol. The highest BCUT2D eigenvalue weighted by Gasteiger charge is 2.37. The lowest BCUT2D eigenvalue weighted by Gasteiger charge is -2.26. The van der Waals surface area contributed by atoms with E-state index in [0.29, 0.717) is 23.7 Å². The smallest absolute Gasteiger partial charge is 0.335 e. The zero-order valence-corrected chi connectivity index (χ0v) is 21.5. The molecule has 1 N–H and O–H groups in total. The SMILES string of the molecule is COc1cc(/C=C2\C(=O)NC(=O)N(c3ccc(Cl)c(Cl)c3)C2=O)ccc1OCc1cccc2ccccc12. The molecule has 1 heterocycles. The number of barbiturate groups is 1. The Morgan fingerprint density at radius 1 is 0.868 bits per heavy atom. The molecule has 0 bridgehead atoms. The molecule has 0 radical (unpaired) electrons. The summed E-state index contributed by atoms with van der Waals surface area (Å²) < 4.78 is 11.6. The van der Waals surface area contributed by atoms with E-state index in [-0.39, 0.29) is 21.3 Å². The van der Waals surface area contributed by atoms with Crippen LogP contribution in [0.2, 0.25) is 10.0 Å². The Hall–Kier alpha value is -4.33. The first-order chi connectivity index (χ1) is 18.4. The van der Waals surface area contributed by atoms with Gasteiger partial charge in [0, 0.05) is 0 Å². The maximum absolute atomic E-state index is 13.2. The second-order valence-corrected chi connectivity index (χ2v) is 9.21. The summed E-state index contributed by atoms with van der Waals surface area (Å²) in [5.74, 6) is -0.700. The Morgan fingerprint density at radius 2 is 1.66 bits per heavy atom. The number of hydrogen-bond donors (Lipinski definition) is 1. The number of benzene rings is 4. The van der Waals surface area contributed by atoms with Crippen LogP contribution in [0, 0.1) is 0 Å². The predicted octanol–water partition coefficient (Wildman–Crippen LogP) is 6.40. The largest absolute Gasteiger partial charge is 0.493 e. The molecule has 1 fully saturated rings. The molecule has 5 rings (SSSR count).